The summed E-state index contributed by atoms with van der Waals surface area (Å²) in [6.45, 7) is 0. The number of para-hydroxylation sites is 3. The molecule has 2 heterocycles. The first-order valence-electron chi connectivity index (χ1n) is 16.7. The number of hydrogen-bond acceptors (Lipinski definition) is 2. The van der Waals surface area contributed by atoms with Crippen molar-refractivity contribution in [2.45, 2.75) is 24.7 Å². The fourth-order valence-corrected chi connectivity index (χ4v) is 8.29. The lowest BCUT2D eigenvalue weighted by atomic mass is 9.77. The number of nitrogens with zero attached hydrogens (tertiary/aromatic N) is 4. The molecule has 0 radical (unpaired) electrons. The van der Waals surface area contributed by atoms with Gasteiger partial charge < -0.3 is 9.13 Å². The number of aromatic nitrogens is 2. The molecule has 4 heteroatoms. The Balaban J connectivity index is 1.27. The highest BCUT2D eigenvalue weighted by atomic mass is 15.0. The number of rotatable bonds is 4. The Morgan fingerprint density at radius 3 is 2.10 bits per heavy atom. The maximum atomic E-state index is 9.86. The quantitative estimate of drug-likeness (QED) is 0.198. The molecule has 3 aliphatic rings. The molecule has 6 aromatic rings. The number of hydrogen-bond donors (Lipinski definition) is 0. The molecule has 4 nitrogen and oxygen atoms in total. The number of fused-ring (bicyclic) bond motifs is 6. The Hall–Kier alpha value is -6.10. The van der Waals surface area contributed by atoms with Gasteiger partial charge >= 0.3 is 0 Å². The molecule has 0 aliphatic heterocycles. The van der Waals surface area contributed by atoms with E-state index in [0.717, 1.165) is 22.6 Å². The third-order valence-electron chi connectivity index (χ3n) is 10.4. The lowest BCUT2D eigenvalue weighted by Crippen LogP contribution is -2.12. The van der Waals surface area contributed by atoms with Crippen molar-refractivity contribution in [3.63, 3.8) is 0 Å². The van der Waals surface area contributed by atoms with E-state index in [-0.39, 0.29) is 23.7 Å². The zero-order valence-corrected chi connectivity index (χ0v) is 26.4. The Bertz CT molecular complexity index is 2500. The van der Waals surface area contributed by atoms with E-state index >= 15 is 0 Å². The summed E-state index contributed by atoms with van der Waals surface area (Å²) >= 11 is 0. The molecule has 4 atom stereocenters. The first-order valence-corrected chi connectivity index (χ1v) is 16.7. The zero-order chi connectivity index (χ0) is 32.2. The summed E-state index contributed by atoms with van der Waals surface area (Å²) in [6, 6.07) is 37.7. The van der Waals surface area contributed by atoms with Crippen molar-refractivity contribution >= 4 is 44.5 Å². The Labute approximate surface area is 279 Å². The standard InChI is InChI=1S/C44H32N4/c45-27-29-11-8-14-32(25-29)47-40-21-7-6-17-38(40)43-35(18-10-22-42(43)47)33-15-4-5-16-34(33)36-19-9-20-37-39-26-30(28-46)23-24-41(39)48(44(36)37)31-12-2-1-3-13-31/h1-24,29-30,33-34H,25-26H2/t29?,30-,33+,34?/m0/s1. The zero-order valence-electron chi connectivity index (χ0n) is 26.4. The van der Waals surface area contributed by atoms with Crippen LogP contribution < -0.4 is 0 Å². The Kier molecular flexibility index (Phi) is 6.63. The largest absolute Gasteiger partial charge is 0.313 e. The van der Waals surface area contributed by atoms with E-state index in [1.54, 1.807) is 0 Å². The summed E-state index contributed by atoms with van der Waals surface area (Å²) in [5.41, 5.74) is 10.8. The molecule has 228 valence electrons. The molecule has 2 unspecified atom stereocenters. The second-order valence-corrected chi connectivity index (χ2v) is 13.0. The van der Waals surface area contributed by atoms with Crippen molar-refractivity contribution in [2.24, 2.45) is 11.8 Å². The molecule has 0 amide bonds. The van der Waals surface area contributed by atoms with Gasteiger partial charge in [-0.15, -0.1) is 0 Å². The van der Waals surface area contributed by atoms with Crippen LogP contribution in [0, 0.1) is 34.5 Å². The molecule has 3 aliphatic carbocycles. The second-order valence-electron chi connectivity index (χ2n) is 13.0. The summed E-state index contributed by atoms with van der Waals surface area (Å²) in [5, 5.41) is 23.3. The number of allylic oxidation sites excluding steroid dienone is 9. The predicted molar refractivity (Wildman–Crippen MR) is 195 cm³/mol. The van der Waals surface area contributed by atoms with Gasteiger partial charge in [0.25, 0.3) is 0 Å². The van der Waals surface area contributed by atoms with E-state index < -0.39 is 0 Å². The molecule has 0 saturated carbocycles. The van der Waals surface area contributed by atoms with Gasteiger partial charge in [0.1, 0.15) is 0 Å². The SMILES string of the molecule is N#CC1C=CC=C(n2c3ccccc3c3c([C@@H]4C=CC=CC4c4cccc5c6c(n(-c7ccccc7)c45)C=C[C@H](C#N)C6)cccc32)C1. The maximum Gasteiger partial charge on any atom is 0.0701 e. The predicted octanol–water partition coefficient (Wildman–Crippen LogP) is 10.4. The summed E-state index contributed by atoms with van der Waals surface area (Å²) in [5.74, 6) is -0.0880. The third-order valence-corrected chi connectivity index (χ3v) is 10.4. The molecule has 4 aromatic carbocycles. The first-order chi connectivity index (χ1) is 23.7. The van der Waals surface area contributed by atoms with Crippen LogP contribution in [0.25, 0.3) is 50.2 Å². The van der Waals surface area contributed by atoms with Gasteiger partial charge in [0.05, 0.1) is 40.5 Å². The molecule has 48 heavy (non-hydrogen) atoms. The fraction of sp³-hybridized carbons (Fsp3) is 0.136. The minimum Gasteiger partial charge on any atom is -0.313 e. The van der Waals surface area contributed by atoms with Gasteiger partial charge in [-0.05, 0) is 59.5 Å². The summed E-state index contributed by atoms with van der Waals surface area (Å²) in [6.07, 6.45) is 20.9. The van der Waals surface area contributed by atoms with Crippen LogP contribution >= 0.6 is 0 Å². The van der Waals surface area contributed by atoms with Crippen molar-refractivity contribution in [2.75, 3.05) is 0 Å². The molecule has 0 fully saturated rings. The molecular weight excluding hydrogens is 585 g/mol. The highest BCUT2D eigenvalue weighted by Crippen LogP contribution is 2.47. The highest BCUT2D eigenvalue weighted by Gasteiger charge is 2.31. The van der Waals surface area contributed by atoms with Crippen LogP contribution in [-0.2, 0) is 6.42 Å². The van der Waals surface area contributed by atoms with Crippen molar-refractivity contribution in [3.05, 3.63) is 162 Å². The minimum atomic E-state index is -0.134. The van der Waals surface area contributed by atoms with Crippen molar-refractivity contribution in [3.8, 4) is 17.8 Å². The molecule has 0 spiro atoms. The lowest BCUT2D eigenvalue weighted by Gasteiger charge is -2.27. The Morgan fingerprint density at radius 1 is 0.583 bits per heavy atom. The fourth-order valence-electron chi connectivity index (χ4n) is 8.29. The van der Waals surface area contributed by atoms with Gasteiger partial charge in [-0.2, -0.15) is 10.5 Å². The maximum absolute atomic E-state index is 9.86. The topological polar surface area (TPSA) is 57.4 Å². The summed E-state index contributed by atoms with van der Waals surface area (Å²) < 4.78 is 4.78. The third kappa shape index (κ3) is 4.27. The van der Waals surface area contributed by atoms with E-state index in [1.807, 2.05) is 12.2 Å². The molecule has 0 bridgehead atoms. The van der Waals surface area contributed by atoms with Gasteiger partial charge in [0.15, 0.2) is 0 Å². The summed E-state index contributed by atoms with van der Waals surface area (Å²) in [4.78, 5) is 0. The van der Waals surface area contributed by atoms with Gasteiger partial charge in [0, 0.05) is 51.5 Å². The lowest BCUT2D eigenvalue weighted by molar-refractivity contribution is 0.737. The number of nitriles is 2. The summed E-state index contributed by atoms with van der Waals surface area (Å²) in [7, 11) is 0. The van der Waals surface area contributed by atoms with Crippen LogP contribution in [0.3, 0.4) is 0 Å². The van der Waals surface area contributed by atoms with Crippen LogP contribution in [-0.4, -0.2) is 9.13 Å². The first kappa shape index (κ1) is 28.1. The smallest absolute Gasteiger partial charge is 0.0701 e. The van der Waals surface area contributed by atoms with Crippen molar-refractivity contribution < 1.29 is 0 Å². The van der Waals surface area contributed by atoms with Crippen LogP contribution in [0.4, 0.5) is 0 Å². The van der Waals surface area contributed by atoms with Crippen LogP contribution in [0.15, 0.2) is 140 Å². The van der Waals surface area contributed by atoms with E-state index in [1.165, 1.54) is 43.9 Å². The van der Waals surface area contributed by atoms with E-state index in [2.05, 4.69) is 155 Å². The molecule has 2 aromatic heterocycles. The van der Waals surface area contributed by atoms with Crippen molar-refractivity contribution in [1.82, 2.24) is 9.13 Å². The molecular formula is C44H32N4. The second kappa shape index (κ2) is 11.3. The molecule has 0 saturated heterocycles. The van der Waals surface area contributed by atoms with E-state index in [4.69, 9.17) is 0 Å². The Morgan fingerprint density at radius 2 is 1.27 bits per heavy atom. The number of benzene rings is 4. The van der Waals surface area contributed by atoms with Gasteiger partial charge in [-0.1, -0.05) is 109 Å². The van der Waals surface area contributed by atoms with Crippen LogP contribution in [0.2, 0.25) is 0 Å². The van der Waals surface area contributed by atoms with Crippen LogP contribution in [0.5, 0.6) is 0 Å². The monoisotopic (exact) mass is 616 g/mol. The average molecular weight is 617 g/mol. The van der Waals surface area contributed by atoms with Crippen LogP contribution in [0.1, 0.15) is 40.6 Å². The molecule has 0 N–H and O–H groups in total. The normalized spacial score (nSPS) is 21.3. The van der Waals surface area contributed by atoms with E-state index in [9.17, 15) is 10.5 Å². The van der Waals surface area contributed by atoms with E-state index in [0.29, 0.717) is 12.8 Å². The van der Waals surface area contributed by atoms with Crippen molar-refractivity contribution in [1.29, 1.82) is 10.5 Å². The van der Waals surface area contributed by atoms with Gasteiger partial charge in [-0.25, -0.2) is 0 Å². The van der Waals surface area contributed by atoms with Gasteiger partial charge in [0.2, 0.25) is 0 Å². The molecule has 9 rings (SSSR count). The average Bonchev–Trinajstić information content (AvgIpc) is 3.68. The van der Waals surface area contributed by atoms with Gasteiger partial charge in [-0.3, -0.25) is 0 Å². The highest BCUT2D eigenvalue weighted by molar-refractivity contribution is 6.12. The minimum absolute atomic E-state index is 0.0840.